The number of hydrogen-bond donors (Lipinski definition) is 1. The molecular weight excluding hydrogens is 322 g/mol. The first kappa shape index (κ1) is 15.2. The summed E-state index contributed by atoms with van der Waals surface area (Å²) in [5, 5.41) is 3.89. The predicted molar refractivity (Wildman–Crippen MR) is 95.2 cm³/mol. The van der Waals surface area contributed by atoms with Gasteiger partial charge in [0.15, 0.2) is 0 Å². The number of thiazole rings is 1. The molecule has 1 amide bonds. The largest absolute Gasteiger partial charge is 0.368 e. The molecule has 4 rings (SSSR count). The number of carbonyl (C=O) groups excluding carboxylic acids is 1. The number of rotatable bonds is 3. The van der Waals surface area contributed by atoms with Crippen LogP contribution in [0.3, 0.4) is 0 Å². The van der Waals surface area contributed by atoms with Crippen LogP contribution in [-0.2, 0) is 9.53 Å². The molecule has 1 aromatic carbocycles. The van der Waals surface area contributed by atoms with E-state index in [0.717, 1.165) is 45.0 Å². The quantitative estimate of drug-likeness (QED) is 0.788. The zero-order valence-corrected chi connectivity index (χ0v) is 14.1. The van der Waals surface area contributed by atoms with Crippen molar-refractivity contribution in [3.8, 4) is 10.6 Å². The Labute approximate surface area is 143 Å². The smallest absolute Gasteiger partial charge is 0.253 e. The van der Waals surface area contributed by atoms with Gasteiger partial charge in [-0.15, -0.1) is 0 Å². The summed E-state index contributed by atoms with van der Waals surface area (Å²) < 4.78 is 5.45. The number of aromatic nitrogens is 2. The van der Waals surface area contributed by atoms with E-state index in [0.29, 0.717) is 6.61 Å². The van der Waals surface area contributed by atoms with Crippen molar-refractivity contribution in [2.24, 2.45) is 0 Å². The van der Waals surface area contributed by atoms with E-state index in [4.69, 9.17) is 4.74 Å². The van der Waals surface area contributed by atoms with Gasteiger partial charge < -0.3 is 10.1 Å². The average Bonchev–Trinajstić information content (AvgIpc) is 3.26. The summed E-state index contributed by atoms with van der Waals surface area (Å²) in [6.07, 6.45) is 3.16. The minimum Gasteiger partial charge on any atom is -0.368 e. The molecule has 1 fully saturated rings. The maximum Gasteiger partial charge on any atom is 0.253 e. The van der Waals surface area contributed by atoms with Gasteiger partial charge >= 0.3 is 0 Å². The monoisotopic (exact) mass is 339 g/mol. The van der Waals surface area contributed by atoms with Crippen LogP contribution in [0.2, 0.25) is 0 Å². The van der Waals surface area contributed by atoms with Crippen molar-refractivity contribution in [2.45, 2.75) is 25.9 Å². The molecule has 0 aliphatic carbocycles. The molecule has 1 aliphatic rings. The van der Waals surface area contributed by atoms with Crippen LogP contribution in [0.4, 0.5) is 5.69 Å². The van der Waals surface area contributed by atoms with Crippen LogP contribution in [0, 0.1) is 6.92 Å². The van der Waals surface area contributed by atoms with Gasteiger partial charge in [0.25, 0.3) is 5.91 Å². The molecule has 3 aromatic rings. The number of pyridine rings is 1. The SMILES string of the molecule is Cc1ccc(-c2nc3cccnc3s2)cc1NC(=O)C1CCCO1. The normalized spacial score (nSPS) is 17.3. The minimum absolute atomic E-state index is 0.0706. The maximum atomic E-state index is 12.3. The summed E-state index contributed by atoms with van der Waals surface area (Å²) in [6, 6.07) is 9.83. The Morgan fingerprint density at radius 2 is 2.29 bits per heavy atom. The first-order valence-corrected chi connectivity index (χ1v) is 8.77. The van der Waals surface area contributed by atoms with Crippen molar-refractivity contribution in [3.05, 3.63) is 42.1 Å². The lowest BCUT2D eigenvalue weighted by atomic mass is 10.1. The third-order valence-corrected chi connectivity index (χ3v) is 5.16. The van der Waals surface area contributed by atoms with Crippen LogP contribution in [0.5, 0.6) is 0 Å². The second-order valence-corrected chi connectivity index (χ2v) is 6.84. The number of fused-ring (bicyclic) bond motifs is 1. The lowest BCUT2D eigenvalue weighted by molar-refractivity contribution is -0.124. The fourth-order valence-corrected chi connectivity index (χ4v) is 3.68. The second-order valence-electron chi connectivity index (χ2n) is 5.87. The van der Waals surface area contributed by atoms with E-state index in [-0.39, 0.29) is 12.0 Å². The summed E-state index contributed by atoms with van der Waals surface area (Å²) in [5.74, 6) is -0.0706. The van der Waals surface area contributed by atoms with Crippen LogP contribution >= 0.6 is 11.3 Å². The highest BCUT2D eigenvalue weighted by Crippen LogP contribution is 2.31. The Hall–Kier alpha value is -2.31. The Morgan fingerprint density at radius 3 is 3.08 bits per heavy atom. The van der Waals surface area contributed by atoms with Gasteiger partial charge in [0.2, 0.25) is 0 Å². The van der Waals surface area contributed by atoms with E-state index in [9.17, 15) is 4.79 Å². The number of nitrogens with one attached hydrogen (secondary N) is 1. The first-order chi connectivity index (χ1) is 11.7. The van der Waals surface area contributed by atoms with Crippen molar-refractivity contribution >= 4 is 33.3 Å². The highest BCUT2D eigenvalue weighted by atomic mass is 32.1. The fourth-order valence-electron chi connectivity index (χ4n) is 2.78. The fraction of sp³-hybridized carbons (Fsp3) is 0.278. The van der Waals surface area contributed by atoms with Gasteiger partial charge in [0.1, 0.15) is 21.5 Å². The number of ether oxygens (including phenoxy) is 1. The van der Waals surface area contributed by atoms with Crippen molar-refractivity contribution < 1.29 is 9.53 Å². The van der Waals surface area contributed by atoms with E-state index in [2.05, 4.69) is 15.3 Å². The van der Waals surface area contributed by atoms with Crippen molar-refractivity contribution in [3.63, 3.8) is 0 Å². The molecule has 122 valence electrons. The molecule has 1 N–H and O–H groups in total. The maximum absolute atomic E-state index is 12.3. The van der Waals surface area contributed by atoms with Crippen LogP contribution in [0.15, 0.2) is 36.5 Å². The summed E-state index contributed by atoms with van der Waals surface area (Å²) in [5.41, 5.74) is 3.69. The molecule has 1 saturated heterocycles. The highest BCUT2D eigenvalue weighted by molar-refractivity contribution is 7.21. The highest BCUT2D eigenvalue weighted by Gasteiger charge is 2.24. The standard InChI is InChI=1S/C18H17N3O2S/c1-11-6-7-12(17-21-13-4-2-8-19-18(13)24-17)10-14(11)20-16(22)15-5-3-9-23-15/h2,4,6-8,10,15H,3,5,9H2,1H3,(H,20,22). The summed E-state index contributed by atoms with van der Waals surface area (Å²) >= 11 is 1.55. The molecular formula is C18H17N3O2S. The lowest BCUT2D eigenvalue weighted by Crippen LogP contribution is -2.27. The van der Waals surface area contributed by atoms with Crippen LogP contribution in [0.1, 0.15) is 18.4 Å². The molecule has 1 unspecified atom stereocenters. The second kappa shape index (κ2) is 6.30. The van der Waals surface area contributed by atoms with Crippen molar-refractivity contribution in [2.75, 3.05) is 11.9 Å². The molecule has 3 heterocycles. The van der Waals surface area contributed by atoms with Gasteiger partial charge in [-0.3, -0.25) is 4.79 Å². The summed E-state index contributed by atoms with van der Waals surface area (Å²) in [7, 11) is 0. The van der Waals surface area contributed by atoms with E-state index < -0.39 is 0 Å². The van der Waals surface area contributed by atoms with E-state index >= 15 is 0 Å². The number of nitrogens with zero attached hydrogens (tertiary/aromatic N) is 2. The molecule has 0 bridgehead atoms. The van der Waals surface area contributed by atoms with Gasteiger partial charge in [-0.1, -0.05) is 23.5 Å². The number of amides is 1. The number of carbonyl (C=O) groups is 1. The Balaban J connectivity index is 1.64. The van der Waals surface area contributed by atoms with Gasteiger partial charge in [0, 0.05) is 24.1 Å². The third kappa shape index (κ3) is 2.90. The first-order valence-electron chi connectivity index (χ1n) is 7.96. The summed E-state index contributed by atoms with van der Waals surface area (Å²) in [4.78, 5) is 22.2. The molecule has 1 atom stereocenters. The Bertz CT molecular complexity index is 867. The number of anilines is 1. The zero-order valence-electron chi connectivity index (χ0n) is 13.3. The van der Waals surface area contributed by atoms with Gasteiger partial charge in [-0.05, 0) is 43.5 Å². The van der Waals surface area contributed by atoms with Crippen molar-refractivity contribution in [1.82, 2.24) is 9.97 Å². The minimum atomic E-state index is -0.334. The topological polar surface area (TPSA) is 64.1 Å². The Kier molecular flexibility index (Phi) is 4.00. The third-order valence-electron chi connectivity index (χ3n) is 4.13. The average molecular weight is 339 g/mol. The lowest BCUT2D eigenvalue weighted by Gasteiger charge is -2.13. The number of benzene rings is 1. The van der Waals surface area contributed by atoms with E-state index in [1.54, 1.807) is 17.5 Å². The summed E-state index contributed by atoms with van der Waals surface area (Å²) in [6.45, 7) is 2.64. The molecule has 0 radical (unpaired) electrons. The molecule has 5 nitrogen and oxygen atoms in total. The van der Waals surface area contributed by atoms with E-state index in [1.165, 1.54) is 0 Å². The predicted octanol–water partition coefficient (Wildman–Crippen LogP) is 3.78. The van der Waals surface area contributed by atoms with Gasteiger partial charge in [-0.2, -0.15) is 0 Å². The molecule has 0 spiro atoms. The van der Waals surface area contributed by atoms with Crippen LogP contribution in [-0.4, -0.2) is 28.6 Å². The number of hydrogen-bond acceptors (Lipinski definition) is 5. The molecule has 24 heavy (non-hydrogen) atoms. The Morgan fingerprint density at radius 1 is 1.38 bits per heavy atom. The van der Waals surface area contributed by atoms with Crippen LogP contribution < -0.4 is 5.32 Å². The van der Waals surface area contributed by atoms with Crippen LogP contribution in [0.25, 0.3) is 20.9 Å². The van der Waals surface area contributed by atoms with E-state index in [1.807, 2.05) is 37.3 Å². The molecule has 2 aromatic heterocycles. The van der Waals surface area contributed by atoms with Crippen molar-refractivity contribution in [1.29, 1.82) is 0 Å². The van der Waals surface area contributed by atoms with Gasteiger partial charge in [-0.25, -0.2) is 9.97 Å². The molecule has 1 aliphatic heterocycles. The molecule has 6 heteroatoms. The zero-order chi connectivity index (χ0) is 16.5. The number of aryl methyl sites for hydroxylation is 1. The molecule has 0 saturated carbocycles. The van der Waals surface area contributed by atoms with Gasteiger partial charge in [0.05, 0.1) is 0 Å².